The van der Waals surface area contributed by atoms with E-state index >= 15 is 0 Å². The second-order valence-electron chi connectivity index (χ2n) is 10.4. The Balaban J connectivity index is 1.22. The van der Waals surface area contributed by atoms with Gasteiger partial charge < -0.3 is 10.1 Å². The Morgan fingerprint density at radius 2 is 1.88 bits per heavy atom. The highest BCUT2D eigenvalue weighted by molar-refractivity contribution is 5.77. The van der Waals surface area contributed by atoms with Crippen LogP contribution in [0.2, 0.25) is 0 Å². The monoisotopic (exact) mass is 447 g/mol. The number of amides is 2. The second kappa shape index (κ2) is 9.76. The Kier molecular flexibility index (Phi) is 6.59. The van der Waals surface area contributed by atoms with Crippen molar-refractivity contribution < 1.29 is 9.53 Å². The average Bonchev–Trinajstić information content (AvgIpc) is 3.11. The van der Waals surface area contributed by atoms with Crippen molar-refractivity contribution in [3.63, 3.8) is 0 Å². The number of methoxy groups -OCH3 is 1. The first-order valence-corrected chi connectivity index (χ1v) is 12.7. The van der Waals surface area contributed by atoms with E-state index in [0.717, 1.165) is 56.7 Å². The lowest BCUT2D eigenvalue weighted by Crippen LogP contribution is -2.49. The van der Waals surface area contributed by atoms with Gasteiger partial charge in [0.2, 0.25) is 0 Å². The van der Waals surface area contributed by atoms with E-state index in [4.69, 9.17) is 4.74 Å². The minimum Gasteiger partial charge on any atom is -0.497 e. The SMILES string of the molecule is COc1cccc(CC(CC2CCC2)NN2CC3(CCC(c4ccccc4)CC3)NC2=O)c1. The Labute approximate surface area is 197 Å². The number of carbonyl (C=O) groups excluding carboxylic acids is 1. The molecule has 176 valence electrons. The zero-order chi connectivity index (χ0) is 22.7. The fourth-order valence-electron chi connectivity index (χ4n) is 5.94. The van der Waals surface area contributed by atoms with Crippen LogP contribution in [0.15, 0.2) is 54.6 Å². The summed E-state index contributed by atoms with van der Waals surface area (Å²) < 4.78 is 5.42. The number of nitrogens with one attached hydrogen (secondary N) is 2. The summed E-state index contributed by atoms with van der Waals surface area (Å²) in [7, 11) is 1.71. The van der Waals surface area contributed by atoms with E-state index < -0.39 is 0 Å². The highest BCUT2D eigenvalue weighted by Gasteiger charge is 2.45. The van der Waals surface area contributed by atoms with Crippen molar-refractivity contribution in [1.82, 2.24) is 15.8 Å². The van der Waals surface area contributed by atoms with Crippen LogP contribution in [0, 0.1) is 5.92 Å². The molecule has 1 heterocycles. The normalized spacial score (nSPS) is 26.2. The predicted molar refractivity (Wildman–Crippen MR) is 131 cm³/mol. The minimum atomic E-state index is -0.0909. The molecule has 5 nitrogen and oxygen atoms in total. The van der Waals surface area contributed by atoms with Crippen molar-refractivity contribution in [2.45, 2.75) is 75.3 Å². The third-order valence-electron chi connectivity index (χ3n) is 8.09. The molecular weight excluding hydrogens is 410 g/mol. The van der Waals surface area contributed by atoms with Crippen LogP contribution >= 0.6 is 0 Å². The molecule has 0 aromatic heterocycles. The number of hydrogen-bond donors (Lipinski definition) is 2. The summed E-state index contributed by atoms with van der Waals surface area (Å²) in [6.45, 7) is 0.757. The summed E-state index contributed by atoms with van der Waals surface area (Å²) in [6, 6.07) is 19.4. The zero-order valence-electron chi connectivity index (χ0n) is 19.8. The van der Waals surface area contributed by atoms with Crippen molar-refractivity contribution in [2.75, 3.05) is 13.7 Å². The highest BCUT2D eigenvalue weighted by atomic mass is 16.5. The first-order chi connectivity index (χ1) is 16.1. The molecule has 5 rings (SSSR count). The predicted octanol–water partition coefficient (Wildman–Crippen LogP) is 5.42. The van der Waals surface area contributed by atoms with Crippen molar-refractivity contribution in [3.05, 3.63) is 65.7 Å². The van der Waals surface area contributed by atoms with Crippen LogP contribution in [0.4, 0.5) is 4.79 Å². The summed E-state index contributed by atoms with van der Waals surface area (Å²) in [4.78, 5) is 13.0. The van der Waals surface area contributed by atoms with Gasteiger partial charge in [0.05, 0.1) is 19.2 Å². The van der Waals surface area contributed by atoms with E-state index in [0.29, 0.717) is 5.92 Å². The van der Waals surface area contributed by atoms with Gasteiger partial charge in [-0.1, -0.05) is 61.7 Å². The lowest BCUT2D eigenvalue weighted by molar-refractivity contribution is 0.150. The van der Waals surface area contributed by atoms with Gasteiger partial charge in [-0.3, -0.25) is 5.01 Å². The Bertz CT molecular complexity index is 935. The number of hydrazine groups is 1. The molecule has 2 N–H and O–H groups in total. The molecule has 2 aliphatic carbocycles. The summed E-state index contributed by atoms with van der Waals surface area (Å²) in [5, 5.41) is 5.25. The topological polar surface area (TPSA) is 53.6 Å². The van der Waals surface area contributed by atoms with Crippen LogP contribution in [-0.2, 0) is 6.42 Å². The van der Waals surface area contributed by atoms with E-state index in [2.05, 4.69) is 59.3 Å². The first kappa shape index (κ1) is 22.3. The third kappa shape index (κ3) is 5.19. The highest BCUT2D eigenvalue weighted by Crippen LogP contribution is 2.40. The van der Waals surface area contributed by atoms with Crippen LogP contribution < -0.4 is 15.5 Å². The number of rotatable bonds is 8. The number of carbonyl (C=O) groups is 1. The van der Waals surface area contributed by atoms with Gasteiger partial charge in [-0.05, 0) is 73.6 Å². The van der Waals surface area contributed by atoms with Crippen LogP contribution in [0.1, 0.15) is 68.4 Å². The molecular formula is C28H37N3O2. The summed E-state index contributed by atoms with van der Waals surface area (Å²) in [6.07, 6.45) is 10.3. The molecule has 33 heavy (non-hydrogen) atoms. The molecule has 2 saturated carbocycles. The molecule has 5 heteroatoms. The maximum absolute atomic E-state index is 13.0. The smallest absolute Gasteiger partial charge is 0.332 e. The number of urea groups is 1. The second-order valence-corrected chi connectivity index (χ2v) is 10.4. The fraction of sp³-hybridized carbons (Fsp3) is 0.536. The van der Waals surface area contributed by atoms with Crippen molar-refractivity contribution >= 4 is 6.03 Å². The van der Waals surface area contributed by atoms with Crippen LogP contribution in [0.3, 0.4) is 0 Å². The van der Waals surface area contributed by atoms with Crippen molar-refractivity contribution in [3.8, 4) is 5.75 Å². The lowest BCUT2D eigenvalue weighted by Gasteiger charge is -2.37. The maximum Gasteiger partial charge on any atom is 0.332 e. The summed E-state index contributed by atoms with van der Waals surface area (Å²) in [5.74, 6) is 2.27. The standard InChI is InChI=1S/C28H37N3O2/c1-33-26-12-6-9-22(19-26)18-25(17-21-7-5-8-21)30-31-20-28(29-27(31)32)15-13-24(14-16-28)23-10-3-2-4-11-23/h2-4,6,9-12,19,21,24-25,30H,5,7-8,13-18,20H2,1H3,(H,29,32). The van der Waals surface area contributed by atoms with E-state index in [1.165, 1.54) is 30.4 Å². The van der Waals surface area contributed by atoms with Crippen molar-refractivity contribution in [1.29, 1.82) is 0 Å². The molecule has 1 saturated heterocycles. The molecule has 0 bridgehead atoms. The van der Waals surface area contributed by atoms with E-state index in [9.17, 15) is 4.79 Å². The summed E-state index contributed by atoms with van der Waals surface area (Å²) >= 11 is 0. The van der Waals surface area contributed by atoms with Gasteiger partial charge in [0.1, 0.15) is 5.75 Å². The molecule has 3 fully saturated rings. The maximum atomic E-state index is 13.0. The number of ether oxygens (including phenoxy) is 1. The Morgan fingerprint density at radius 1 is 1.09 bits per heavy atom. The number of benzene rings is 2. The van der Waals surface area contributed by atoms with Crippen LogP contribution in [0.25, 0.3) is 0 Å². The molecule has 1 atom stereocenters. The molecule has 2 aromatic rings. The molecule has 2 amide bonds. The fourth-order valence-corrected chi connectivity index (χ4v) is 5.94. The minimum absolute atomic E-state index is 0.0393. The average molecular weight is 448 g/mol. The van der Waals surface area contributed by atoms with Gasteiger partial charge in [-0.25, -0.2) is 10.2 Å². The zero-order valence-corrected chi connectivity index (χ0v) is 19.8. The number of nitrogens with zero attached hydrogens (tertiary/aromatic N) is 1. The molecule has 1 spiro atoms. The van der Waals surface area contributed by atoms with Gasteiger partial charge in [-0.15, -0.1) is 0 Å². The lowest BCUT2D eigenvalue weighted by atomic mass is 9.74. The van der Waals surface area contributed by atoms with Gasteiger partial charge in [0, 0.05) is 6.04 Å². The molecule has 1 aliphatic heterocycles. The Hall–Kier alpha value is -2.53. The van der Waals surface area contributed by atoms with E-state index in [1.807, 2.05) is 11.1 Å². The molecule has 3 aliphatic rings. The van der Waals surface area contributed by atoms with Crippen LogP contribution in [-0.4, -0.2) is 36.3 Å². The van der Waals surface area contributed by atoms with Gasteiger partial charge >= 0.3 is 6.03 Å². The largest absolute Gasteiger partial charge is 0.497 e. The number of hydrogen-bond acceptors (Lipinski definition) is 3. The van der Waals surface area contributed by atoms with E-state index in [1.54, 1.807) is 7.11 Å². The van der Waals surface area contributed by atoms with Gasteiger partial charge in [0.15, 0.2) is 0 Å². The first-order valence-electron chi connectivity index (χ1n) is 12.7. The van der Waals surface area contributed by atoms with Crippen molar-refractivity contribution in [2.24, 2.45) is 5.92 Å². The van der Waals surface area contributed by atoms with E-state index in [-0.39, 0.29) is 17.6 Å². The third-order valence-corrected chi connectivity index (χ3v) is 8.09. The molecule has 1 unspecified atom stereocenters. The summed E-state index contributed by atoms with van der Waals surface area (Å²) in [5.41, 5.74) is 6.24. The van der Waals surface area contributed by atoms with Gasteiger partial charge in [-0.2, -0.15) is 0 Å². The molecule has 2 aromatic carbocycles. The Morgan fingerprint density at radius 3 is 2.58 bits per heavy atom. The van der Waals surface area contributed by atoms with Gasteiger partial charge in [0.25, 0.3) is 0 Å². The van der Waals surface area contributed by atoms with Crippen LogP contribution in [0.5, 0.6) is 5.75 Å². The molecule has 0 radical (unpaired) electrons. The quantitative estimate of drug-likeness (QED) is 0.568.